The molecule has 41 heavy (non-hydrogen) atoms. The molecule has 2 atom stereocenters. The molecule has 0 aromatic heterocycles. The van der Waals surface area contributed by atoms with E-state index in [-0.39, 0.29) is 30.1 Å². The lowest BCUT2D eigenvalue weighted by atomic mass is 9.86. The molecule has 218 valence electrons. The van der Waals surface area contributed by atoms with Crippen LogP contribution >= 0.6 is 0 Å². The van der Waals surface area contributed by atoms with E-state index in [4.69, 9.17) is 4.74 Å². The SMILES string of the molecule is CC(C)C[C@@H](C(=O)N1C(=O)OCC1c1ccccc1)c1cc(OS(=O)(=O)C(F)(F)F)cc(-c2ccc(CF)cc2)c1. The minimum absolute atomic E-state index is 0.0812. The number of carbonyl (C=O) groups is 2. The van der Waals surface area contributed by atoms with Crippen LogP contribution in [0.15, 0.2) is 72.8 Å². The van der Waals surface area contributed by atoms with Gasteiger partial charge in [-0.2, -0.15) is 21.6 Å². The normalized spacial score (nSPS) is 16.5. The van der Waals surface area contributed by atoms with E-state index < -0.39 is 52.0 Å². The molecule has 1 saturated heterocycles. The molecule has 1 aliphatic rings. The monoisotopic (exact) mass is 593 g/mol. The predicted molar refractivity (Wildman–Crippen MR) is 142 cm³/mol. The maximum atomic E-state index is 14.0. The summed E-state index contributed by atoms with van der Waals surface area (Å²) in [7, 11) is -6.03. The number of benzene rings is 3. The quantitative estimate of drug-likeness (QED) is 0.152. The van der Waals surface area contributed by atoms with Gasteiger partial charge in [0, 0.05) is 0 Å². The summed E-state index contributed by atoms with van der Waals surface area (Å²) in [5.41, 5.74) is -3.91. The third-order valence-electron chi connectivity index (χ3n) is 6.56. The number of nitrogens with zero attached hydrogens (tertiary/aromatic N) is 1. The van der Waals surface area contributed by atoms with Crippen LogP contribution in [0.5, 0.6) is 5.75 Å². The lowest BCUT2D eigenvalue weighted by molar-refractivity contribution is -0.131. The van der Waals surface area contributed by atoms with Crippen molar-refractivity contribution in [2.75, 3.05) is 6.61 Å². The minimum atomic E-state index is -6.03. The molecule has 0 saturated carbocycles. The van der Waals surface area contributed by atoms with E-state index in [2.05, 4.69) is 4.18 Å². The maximum Gasteiger partial charge on any atom is 0.534 e. The van der Waals surface area contributed by atoms with Gasteiger partial charge >= 0.3 is 21.7 Å². The fourth-order valence-corrected chi connectivity index (χ4v) is 5.05. The molecule has 1 heterocycles. The van der Waals surface area contributed by atoms with Gasteiger partial charge in [-0.15, -0.1) is 0 Å². The summed E-state index contributed by atoms with van der Waals surface area (Å²) < 4.78 is 86.0. The third-order valence-corrected chi connectivity index (χ3v) is 7.54. The molecule has 0 aliphatic carbocycles. The molecular formula is C29H27F4NO6S. The Morgan fingerprint density at radius 1 is 1.02 bits per heavy atom. The molecule has 0 radical (unpaired) electrons. The number of alkyl halides is 4. The molecule has 0 N–H and O–H groups in total. The highest BCUT2D eigenvalue weighted by Crippen LogP contribution is 2.38. The van der Waals surface area contributed by atoms with Crippen LogP contribution in [0.4, 0.5) is 22.4 Å². The molecule has 1 unspecified atom stereocenters. The molecule has 12 heteroatoms. The summed E-state index contributed by atoms with van der Waals surface area (Å²) in [5.74, 6) is -2.53. The Balaban J connectivity index is 1.83. The van der Waals surface area contributed by atoms with Crippen LogP contribution in [-0.2, 0) is 26.3 Å². The fourth-order valence-electron chi connectivity index (χ4n) is 4.60. The van der Waals surface area contributed by atoms with E-state index in [9.17, 15) is 35.6 Å². The van der Waals surface area contributed by atoms with Gasteiger partial charge in [0.05, 0.1) is 5.92 Å². The van der Waals surface area contributed by atoms with Gasteiger partial charge in [0.1, 0.15) is 25.1 Å². The van der Waals surface area contributed by atoms with E-state index in [0.717, 1.165) is 17.0 Å². The summed E-state index contributed by atoms with van der Waals surface area (Å²) in [6, 6.07) is 17.6. The van der Waals surface area contributed by atoms with E-state index in [1.807, 2.05) is 13.8 Å². The summed E-state index contributed by atoms with van der Waals surface area (Å²) in [5, 5.41) is 0. The smallest absolute Gasteiger partial charge is 0.446 e. The molecule has 2 amide bonds. The average molecular weight is 594 g/mol. The van der Waals surface area contributed by atoms with E-state index in [1.54, 1.807) is 30.3 Å². The largest absolute Gasteiger partial charge is 0.534 e. The van der Waals surface area contributed by atoms with Crippen molar-refractivity contribution >= 4 is 22.1 Å². The van der Waals surface area contributed by atoms with Gasteiger partial charge in [0.15, 0.2) is 0 Å². The lowest BCUT2D eigenvalue weighted by Crippen LogP contribution is -2.38. The van der Waals surface area contributed by atoms with Gasteiger partial charge in [-0.3, -0.25) is 4.79 Å². The van der Waals surface area contributed by atoms with Crippen molar-refractivity contribution in [3.8, 4) is 16.9 Å². The number of hydrogen-bond donors (Lipinski definition) is 0. The standard InChI is InChI=1S/C29H27F4NO6S/c1-18(2)12-25(27(35)34-26(17-39-28(34)36)21-6-4-3-5-7-21)23-13-22(20-10-8-19(16-30)9-11-20)14-24(15-23)40-41(37,38)29(31,32)33/h3-11,13-15,18,25-26H,12,16-17H2,1-2H3/t25-,26?/m1/s1. The Labute approximate surface area is 234 Å². The molecule has 3 aromatic rings. The van der Waals surface area contributed by atoms with Crippen LogP contribution in [0.25, 0.3) is 11.1 Å². The molecule has 3 aromatic carbocycles. The Bertz CT molecular complexity index is 1510. The highest BCUT2D eigenvalue weighted by atomic mass is 32.2. The van der Waals surface area contributed by atoms with Gasteiger partial charge in [-0.05, 0) is 52.3 Å². The van der Waals surface area contributed by atoms with Gasteiger partial charge in [0.2, 0.25) is 5.91 Å². The van der Waals surface area contributed by atoms with Crippen molar-refractivity contribution in [2.45, 2.75) is 44.4 Å². The number of ether oxygens (including phenoxy) is 1. The predicted octanol–water partition coefficient (Wildman–Crippen LogP) is 6.90. The van der Waals surface area contributed by atoms with Gasteiger partial charge in [-0.1, -0.05) is 74.5 Å². The van der Waals surface area contributed by atoms with E-state index in [0.29, 0.717) is 16.7 Å². The van der Waals surface area contributed by atoms with Crippen molar-refractivity contribution in [1.82, 2.24) is 4.90 Å². The number of amides is 2. The van der Waals surface area contributed by atoms with E-state index >= 15 is 0 Å². The van der Waals surface area contributed by atoms with E-state index in [1.165, 1.54) is 30.3 Å². The van der Waals surface area contributed by atoms with Crippen LogP contribution in [-0.4, -0.2) is 37.4 Å². The zero-order valence-corrected chi connectivity index (χ0v) is 22.9. The van der Waals surface area contributed by atoms with Gasteiger partial charge in [0.25, 0.3) is 0 Å². The summed E-state index contributed by atoms with van der Waals surface area (Å²) in [6.07, 6.45) is -0.702. The molecule has 1 fully saturated rings. The zero-order chi connectivity index (χ0) is 29.9. The molecular weight excluding hydrogens is 566 g/mol. The Morgan fingerprint density at radius 3 is 2.27 bits per heavy atom. The third kappa shape index (κ3) is 6.70. The number of halogens is 4. The highest BCUT2D eigenvalue weighted by molar-refractivity contribution is 7.88. The number of imide groups is 1. The van der Waals surface area contributed by atoms with Crippen LogP contribution in [0.1, 0.15) is 48.9 Å². The summed E-state index contributed by atoms with van der Waals surface area (Å²) in [4.78, 5) is 27.7. The highest BCUT2D eigenvalue weighted by Gasteiger charge is 2.49. The van der Waals surface area contributed by atoms with Crippen molar-refractivity contribution in [3.05, 3.63) is 89.5 Å². The van der Waals surface area contributed by atoms with Crippen LogP contribution in [0.3, 0.4) is 0 Å². The van der Waals surface area contributed by atoms with Crippen LogP contribution < -0.4 is 4.18 Å². The summed E-state index contributed by atoms with van der Waals surface area (Å²) >= 11 is 0. The van der Waals surface area contributed by atoms with Gasteiger partial charge in [-0.25, -0.2) is 14.1 Å². The first kappa shape index (κ1) is 30.0. The first-order chi connectivity index (χ1) is 19.3. The Hall–Kier alpha value is -3.93. The molecule has 0 bridgehead atoms. The number of carbonyl (C=O) groups excluding carboxylic acids is 2. The zero-order valence-electron chi connectivity index (χ0n) is 22.1. The topological polar surface area (TPSA) is 90.0 Å². The van der Waals surface area contributed by atoms with Crippen molar-refractivity contribution in [3.63, 3.8) is 0 Å². The number of hydrogen-bond acceptors (Lipinski definition) is 6. The second-order valence-corrected chi connectivity index (χ2v) is 11.5. The number of rotatable bonds is 9. The Morgan fingerprint density at radius 2 is 1.68 bits per heavy atom. The fraction of sp³-hybridized carbons (Fsp3) is 0.310. The number of cyclic esters (lactones) is 1. The maximum absolute atomic E-state index is 14.0. The van der Waals surface area contributed by atoms with Crippen molar-refractivity contribution in [2.24, 2.45) is 5.92 Å². The Kier molecular flexibility index (Phi) is 8.71. The molecule has 0 spiro atoms. The molecule has 7 nitrogen and oxygen atoms in total. The minimum Gasteiger partial charge on any atom is -0.446 e. The van der Waals surface area contributed by atoms with Crippen LogP contribution in [0.2, 0.25) is 0 Å². The van der Waals surface area contributed by atoms with Gasteiger partial charge < -0.3 is 8.92 Å². The molecule has 1 aliphatic heterocycles. The second kappa shape index (κ2) is 11.9. The second-order valence-electron chi connectivity index (χ2n) is 10.00. The first-order valence-corrected chi connectivity index (χ1v) is 14.1. The van der Waals surface area contributed by atoms with Crippen LogP contribution in [0, 0.1) is 5.92 Å². The lowest BCUT2D eigenvalue weighted by Gasteiger charge is -2.27. The first-order valence-electron chi connectivity index (χ1n) is 12.7. The molecule has 4 rings (SSSR count). The average Bonchev–Trinajstić information content (AvgIpc) is 3.32. The summed E-state index contributed by atoms with van der Waals surface area (Å²) in [6.45, 7) is 2.82. The van der Waals surface area contributed by atoms with Crippen molar-refractivity contribution < 1.29 is 44.5 Å². The van der Waals surface area contributed by atoms with Crippen molar-refractivity contribution in [1.29, 1.82) is 0 Å².